The second-order valence-electron chi connectivity index (χ2n) is 6.11. The van der Waals surface area contributed by atoms with Crippen molar-refractivity contribution in [1.82, 2.24) is 25.3 Å². The smallest absolute Gasteiger partial charge is 0.239 e. The van der Waals surface area contributed by atoms with E-state index in [-0.39, 0.29) is 18.5 Å². The fourth-order valence-corrected chi connectivity index (χ4v) is 3.26. The van der Waals surface area contributed by atoms with Crippen LogP contribution in [0.5, 0.6) is 0 Å². The van der Waals surface area contributed by atoms with Gasteiger partial charge in [-0.1, -0.05) is 12.8 Å². The summed E-state index contributed by atoms with van der Waals surface area (Å²) in [6.45, 7) is 0.861. The van der Waals surface area contributed by atoms with Gasteiger partial charge >= 0.3 is 0 Å². The standard InChI is InChI=1S/C15H23N7O/c1-22(15-13-14(18-8-17-13)19-9-20-15)7-12(23)21-11-5-3-2-4-10(11)6-16/h8-11H,2-7,16H2,1H3,(H,21,23)(H,17,18,19,20). The molecule has 2 atom stereocenters. The molecular weight excluding hydrogens is 294 g/mol. The third-order valence-electron chi connectivity index (χ3n) is 4.50. The number of imidazole rings is 1. The summed E-state index contributed by atoms with van der Waals surface area (Å²) >= 11 is 0. The average Bonchev–Trinajstić information content (AvgIpc) is 3.03. The van der Waals surface area contributed by atoms with Gasteiger partial charge in [0.15, 0.2) is 11.5 Å². The summed E-state index contributed by atoms with van der Waals surface area (Å²) < 4.78 is 0. The molecule has 8 nitrogen and oxygen atoms in total. The highest BCUT2D eigenvalue weighted by Crippen LogP contribution is 2.23. The molecule has 0 saturated heterocycles. The van der Waals surface area contributed by atoms with Gasteiger partial charge in [-0.2, -0.15) is 0 Å². The van der Waals surface area contributed by atoms with Crippen molar-refractivity contribution in [2.45, 2.75) is 31.7 Å². The Labute approximate surface area is 134 Å². The van der Waals surface area contributed by atoms with Crippen LogP contribution in [0.15, 0.2) is 12.7 Å². The van der Waals surface area contributed by atoms with Gasteiger partial charge in [-0.3, -0.25) is 4.79 Å². The Balaban J connectivity index is 1.64. The highest BCUT2D eigenvalue weighted by molar-refractivity contribution is 5.87. The van der Waals surface area contributed by atoms with Crippen LogP contribution in [0, 0.1) is 5.92 Å². The summed E-state index contributed by atoms with van der Waals surface area (Å²) in [4.78, 5) is 29.6. The lowest BCUT2D eigenvalue weighted by Crippen LogP contribution is -2.47. The van der Waals surface area contributed by atoms with E-state index >= 15 is 0 Å². The minimum absolute atomic E-state index is 0.0101. The molecule has 8 heteroatoms. The largest absolute Gasteiger partial charge is 0.352 e. The Kier molecular flexibility index (Phi) is 4.71. The maximum absolute atomic E-state index is 12.4. The molecule has 0 bridgehead atoms. The lowest BCUT2D eigenvalue weighted by atomic mass is 9.84. The average molecular weight is 317 g/mol. The van der Waals surface area contributed by atoms with Gasteiger partial charge in [0.05, 0.1) is 12.9 Å². The number of fused-ring (bicyclic) bond motifs is 1. The molecular formula is C15H23N7O. The second-order valence-corrected chi connectivity index (χ2v) is 6.11. The van der Waals surface area contributed by atoms with E-state index in [0.717, 1.165) is 24.8 Å². The monoisotopic (exact) mass is 317 g/mol. The molecule has 2 unspecified atom stereocenters. The fourth-order valence-electron chi connectivity index (χ4n) is 3.26. The predicted octanol–water partition coefficient (Wildman–Crippen LogP) is 0.423. The number of aromatic amines is 1. The van der Waals surface area contributed by atoms with Gasteiger partial charge in [0.1, 0.15) is 11.8 Å². The van der Waals surface area contributed by atoms with E-state index in [1.807, 2.05) is 7.05 Å². The van der Waals surface area contributed by atoms with E-state index in [9.17, 15) is 4.79 Å². The number of carbonyl (C=O) groups is 1. The third kappa shape index (κ3) is 3.42. The van der Waals surface area contributed by atoms with Crippen LogP contribution in [0.25, 0.3) is 11.2 Å². The van der Waals surface area contributed by atoms with Crippen molar-refractivity contribution in [3.63, 3.8) is 0 Å². The molecule has 1 saturated carbocycles. The van der Waals surface area contributed by atoms with Gasteiger partial charge in [0, 0.05) is 13.1 Å². The molecule has 2 heterocycles. The third-order valence-corrected chi connectivity index (χ3v) is 4.50. The number of carbonyl (C=O) groups excluding carboxylic acids is 1. The number of nitrogens with zero attached hydrogens (tertiary/aromatic N) is 4. The van der Waals surface area contributed by atoms with Crippen LogP contribution in [0.1, 0.15) is 25.7 Å². The molecule has 2 aromatic heterocycles. The van der Waals surface area contributed by atoms with Crippen molar-refractivity contribution in [3.8, 4) is 0 Å². The van der Waals surface area contributed by atoms with E-state index in [0.29, 0.717) is 23.9 Å². The maximum atomic E-state index is 12.4. The first-order valence-corrected chi connectivity index (χ1v) is 8.03. The number of amides is 1. The van der Waals surface area contributed by atoms with Crippen molar-refractivity contribution in [3.05, 3.63) is 12.7 Å². The number of hydrogen-bond donors (Lipinski definition) is 3. The molecule has 124 valence electrons. The first-order valence-electron chi connectivity index (χ1n) is 8.03. The van der Waals surface area contributed by atoms with E-state index in [2.05, 4.69) is 25.3 Å². The zero-order valence-corrected chi connectivity index (χ0v) is 13.3. The molecule has 1 aliphatic carbocycles. The molecule has 0 radical (unpaired) electrons. The number of rotatable bonds is 5. The van der Waals surface area contributed by atoms with Crippen LogP contribution in [0.3, 0.4) is 0 Å². The van der Waals surface area contributed by atoms with Crippen LogP contribution in [-0.4, -0.2) is 52.0 Å². The quantitative estimate of drug-likeness (QED) is 0.737. The Hall–Kier alpha value is -2.22. The van der Waals surface area contributed by atoms with Crippen molar-refractivity contribution in [1.29, 1.82) is 0 Å². The highest BCUT2D eigenvalue weighted by atomic mass is 16.2. The van der Waals surface area contributed by atoms with Gasteiger partial charge in [-0.25, -0.2) is 15.0 Å². The number of anilines is 1. The first-order chi connectivity index (χ1) is 11.2. The molecule has 3 rings (SSSR count). The number of H-pyrrole nitrogens is 1. The number of hydrogen-bond acceptors (Lipinski definition) is 6. The summed E-state index contributed by atoms with van der Waals surface area (Å²) in [6.07, 6.45) is 7.49. The normalized spacial score (nSPS) is 21.3. The predicted molar refractivity (Wildman–Crippen MR) is 87.9 cm³/mol. The minimum Gasteiger partial charge on any atom is -0.352 e. The van der Waals surface area contributed by atoms with E-state index < -0.39 is 0 Å². The molecule has 0 spiro atoms. The Morgan fingerprint density at radius 1 is 1.39 bits per heavy atom. The lowest BCUT2D eigenvalue weighted by molar-refractivity contribution is -0.121. The zero-order valence-electron chi connectivity index (χ0n) is 13.3. The van der Waals surface area contributed by atoms with Crippen molar-refractivity contribution < 1.29 is 4.79 Å². The second kappa shape index (κ2) is 6.91. The molecule has 1 aliphatic rings. The molecule has 1 amide bonds. The topological polar surface area (TPSA) is 113 Å². The molecule has 2 aromatic rings. The van der Waals surface area contributed by atoms with Crippen LogP contribution in [-0.2, 0) is 4.79 Å². The Bertz CT molecular complexity index is 671. The Morgan fingerprint density at radius 3 is 3.04 bits per heavy atom. The van der Waals surface area contributed by atoms with Gasteiger partial charge < -0.3 is 20.9 Å². The summed E-state index contributed by atoms with van der Waals surface area (Å²) in [5, 5.41) is 3.13. The van der Waals surface area contributed by atoms with Crippen molar-refractivity contribution >= 4 is 22.9 Å². The summed E-state index contributed by atoms with van der Waals surface area (Å²) in [5.74, 6) is 1.04. The number of aromatic nitrogens is 4. The lowest BCUT2D eigenvalue weighted by Gasteiger charge is -2.31. The van der Waals surface area contributed by atoms with Gasteiger partial charge in [-0.05, 0) is 25.3 Å². The number of nitrogens with two attached hydrogens (primary N) is 1. The molecule has 4 N–H and O–H groups in total. The van der Waals surface area contributed by atoms with Crippen LogP contribution in [0.2, 0.25) is 0 Å². The molecule has 0 aliphatic heterocycles. The van der Waals surface area contributed by atoms with Crippen LogP contribution >= 0.6 is 0 Å². The summed E-state index contributed by atoms with van der Waals surface area (Å²) in [7, 11) is 1.84. The van der Waals surface area contributed by atoms with E-state index in [4.69, 9.17) is 5.73 Å². The fraction of sp³-hybridized carbons (Fsp3) is 0.600. The number of nitrogens with one attached hydrogen (secondary N) is 2. The zero-order chi connectivity index (χ0) is 16.2. The summed E-state index contributed by atoms with van der Waals surface area (Å²) in [6, 6.07) is 0.187. The van der Waals surface area contributed by atoms with Gasteiger partial charge in [0.2, 0.25) is 5.91 Å². The molecule has 1 fully saturated rings. The minimum atomic E-state index is -0.0101. The number of likely N-dealkylation sites (N-methyl/N-ethyl adjacent to an activating group) is 1. The highest BCUT2D eigenvalue weighted by Gasteiger charge is 2.25. The van der Waals surface area contributed by atoms with Crippen LogP contribution < -0.4 is 16.0 Å². The Morgan fingerprint density at radius 2 is 2.22 bits per heavy atom. The molecule has 23 heavy (non-hydrogen) atoms. The van der Waals surface area contributed by atoms with Crippen molar-refractivity contribution in [2.24, 2.45) is 11.7 Å². The molecule has 0 aromatic carbocycles. The van der Waals surface area contributed by atoms with Crippen molar-refractivity contribution in [2.75, 3.05) is 25.0 Å². The van der Waals surface area contributed by atoms with Gasteiger partial charge in [-0.15, -0.1) is 0 Å². The maximum Gasteiger partial charge on any atom is 0.239 e. The SMILES string of the molecule is CN(CC(=O)NC1CCCCC1CN)c1ncnc2nc[nH]c12. The van der Waals surface area contributed by atoms with E-state index in [1.54, 1.807) is 11.2 Å². The first kappa shape index (κ1) is 15.7. The summed E-state index contributed by atoms with van der Waals surface area (Å²) in [5.41, 5.74) is 7.15. The van der Waals surface area contributed by atoms with Gasteiger partial charge in [0.25, 0.3) is 0 Å². The van der Waals surface area contributed by atoms with Crippen LogP contribution in [0.4, 0.5) is 5.82 Å². The van der Waals surface area contributed by atoms with E-state index in [1.165, 1.54) is 12.7 Å².